The topological polar surface area (TPSA) is 80.3 Å². The molecule has 0 unspecified atom stereocenters. The van der Waals surface area contributed by atoms with Gasteiger partial charge in [-0.25, -0.2) is 16.8 Å². The Bertz CT molecular complexity index is 267. The standard InChI is InChI=1S/C3H7NO4S2/c1-2-3-10(7,8)4-9(5)6/h2,9H,1,3H2,(H,4,5,6). The molecule has 0 amide bonds. The molecule has 0 heterocycles. The highest BCUT2D eigenvalue weighted by Gasteiger charge is 2.06. The van der Waals surface area contributed by atoms with Crippen LogP contribution in [-0.4, -0.2) is 22.6 Å². The van der Waals surface area contributed by atoms with Gasteiger partial charge in [-0.3, -0.25) is 0 Å². The predicted molar refractivity (Wildman–Crippen MR) is 37.4 cm³/mol. The minimum absolute atomic E-state index is 0.393. The lowest BCUT2D eigenvalue weighted by Gasteiger charge is -1.93. The van der Waals surface area contributed by atoms with E-state index in [1.807, 2.05) is 0 Å². The molecule has 10 heavy (non-hydrogen) atoms. The summed E-state index contributed by atoms with van der Waals surface area (Å²) in [6, 6.07) is 0. The van der Waals surface area contributed by atoms with E-state index in [0.717, 1.165) is 6.08 Å². The average Bonchev–Trinajstić information content (AvgIpc) is 1.59. The van der Waals surface area contributed by atoms with Crippen LogP contribution in [0.1, 0.15) is 0 Å². The van der Waals surface area contributed by atoms with Gasteiger partial charge >= 0.3 is 0 Å². The Balaban J connectivity index is 4.29. The number of thiol groups is 1. The normalized spacial score (nSPS) is 11.7. The fourth-order valence-corrected chi connectivity index (χ4v) is 1.82. The van der Waals surface area contributed by atoms with Crippen molar-refractivity contribution in [3.05, 3.63) is 12.7 Å². The molecule has 0 aliphatic rings. The molecule has 0 atom stereocenters. The first-order chi connectivity index (χ1) is 4.48. The lowest BCUT2D eigenvalue weighted by atomic mass is 10.8. The monoisotopic (exact) mass is 185 g/mol. The van der Waals surface area contributed by atoms with Crippen LogP contribution in [0.5, 0.6) is 0 Å². The molecular weight excluding hydrogens is 178 g/mol. The average molecular weight is 185 g/mol. The highest BCUT2D eigenvalue weighted by Crippen LogP contribution is 1.81. The van der Waals surface area contributed by atoms with Gasteiger partial charge in [0, 0.05) is 0 Å². The molecule has 0 fully saturated rings. The molecule has 0 bridgehead atoms. The van der Waals surface area contributed by atoms with E-state index in [1.165, 1.54) is 4.13 Å². The Morgan fingerprint density at radius 2 is 2.00 bits per heavy atom. The van der Waals surface area contributed by atoms with E-state index in [0.29, 0.717) is 0 Å². The van der Waals surface area contributed by atoms with Crippen LogP contribution >= 0.6 is 0 Å². The fraction of sp³-hybridized carbons (Fsp3) is 0.333. The first-order valence-electron chi connectivity index (χ1n) is 2.23. The molecule has 60 valence electrons. The Morgan fingerprint density at radius 1 is 1.50 bits per heavy atom. The van der Waals surface area contributed by atoms with Crippen molar-refractivity contribution in [3.8, 4) is 0 Å². The molecule has 0 aromatic carbocycles. The third-order valence-corrected chi connectivity index (χ3v) is 2.93. The summed E-state index contributed by atoms with van der Waals surface area (Å²) in [5.74, 6) is -0.393. The number of rotatable bonds is 4. The largest absolute Gasteiger partial charge is 0.227 e. The Kier molecular flexibility index (Phi) is 3.54. The van der Waals surface area contributed by atoms with Gasteiger partial charge in [-0.15, -0.1) is 10.7 Å². The Labute approximate surface area is 60.9 Å². The van der Waals surface area contributed by atoms with Gasteiger partial charge in [-0.1, -0.05) is 6.08 Å². The van der Waals surface area contributed by atoms with Crippen LogP contribution in [0, 0.1) is 0 Å². The molecule has 0 aromatic heterocycles. The van der Waals surface area contributed by atoms with Gasteiger partial charge in [0.15, 0.2) is 0 Å². The van der Waals surface area contributed by atoms with E-state index < -0.39 is 26.7 Å². The van der Waals surface area contributed by atoms with Crippen LogP contribution in [0.3, 0.4) is 0 Å². The molecule has 0 aromatic rings. The van der Waals surface area contributed by atoms with Gasteiger partial charge in [0.2, 0.25) is 20.9 Å². The zero-order valence-electron chi connectivity index (χ0n) is 4.98. The van der Waals surface area contributed by atoms with E-state index >= 15 is 0 Å². The summed E-state index contributed by atoms with van der Waals surface area (Å²) < 4.78 is 41.9. The molecule has 0 rings (SSSR count). The van der Waals surface area contributed by atoms with Crippen molar-refractivity contribution in [2.24, 2.45) is 0 Å². The van der Waals surface area contributed by atoms with E-state index in [2.05, 4.69) is 6.58 Å². The van der Waals surface area contributed by atoms with Crippen molar-refractivity contribution < 1.29 is 16.8 Å². The summed E-state index contributed by atoms with van der Waals surface area (Å²) in [5, 5.41) is 0. The molecule has 0 aliphatic heterocycles. The summed E-state index contributed by atoms with van der Waals surface area (Å²) in [6.07, 6.45) is 1.10. The fourth-order valence-electron chi connectivity index (χ4n) is 0.306. The molecule has 5 nitrogen and oxygen atoms in total. The van der Waals surface area contributed by atoms with Crippen molar-refractivity contribution in [2.45, 2.75) is 0 Å². The Morgan fingerprint density at radius 3 is 2.30 bits per heavy atom. The minimum Gasteiger partial charge on any atom is -0.215 e. The quantitative estimate of drug-likeness (QED) is 0.418. The molecule has 0 saturated carbocycles. The van der Waals surface area contributed by atoms with E-state index in [4.69, 9.17) is 0 Å². The van der Waals surface area contributed by atoms with Crippen LogP contribution < -0.4 is 4.13 Å². The first-order valence-corrected chi connectivity index (χ1v) is 5.06. The van der Waals surface area contributed by atoms with Crippen LogP contribution in [-0.2, 0) is 20.9 Å². The highest BCUT2D eigenvalue weighted by atomic mass is 32.3. The highest BCUT2D eigenvalue weighted by molar-refractivity contribution is 7.98. The van der Waals surface area contributed by atoms with Crippen molar-refractivity contribution in [1.29, 1.82) is 0 Å². The van der Waals surface area contributed by atoms with E-state index in [-0.39, 0.29) is 0 Å². The molecule has 0 aliphatic carbocycles. The number of sulfonamides is 1. The third kappa shape index (κ3) is 4.48. The molecule has 1 N–H and O–H groups in total. The summed E-state index contributed by atoms with van der Waals surface area (Å²) in [4.78, 5) is 0. The maximum Gasteiger partial charge on any atom is 0.227 e. The smallest absolute Gasteiger partial charge is 0.215 e. The SMILES string of the molecule is C=CCS(=O)(=O)N[SH](=O)=O. The molecule has 0 saturated heterocycles. The second kappa shape index (κ2) is 3.69. The van der Waals surface area contributed by atoms with Crippen LogP contribution in [0.25, 0.3) is 0 Å². The third-order valence-electron chi connectivity index (χ3n) is 0.551. The lowest BCUT2D eigenvalue weighted by Crippen LogP contribution is -2.23. The molecule has 7 heteroatoms. The minimum atomic E-state index is -3.70. The van der Waals surface area contributed by atoms with Gasteiger partial charge in [-0.05, 0) is 0 Å². The van der Waals surface area contributed by atoms with Crippen LogP contribution in [0.15, 0.2) is 12.7 Å². The number of hydrogen-bond donors (Lipinski definition) is 2. The maximum atomic E-state index is 10.5. The van der Waals surface area contributed by atoms with Crippen LogP contribution in [0.2, 0.25) is 0 Å². The zero-order chi connectivity index (χ0) is 8.20. The van der Waals surface area contributed by atoms with Crippen molar-refractivity contribution in [1.82, 2.24) is 4.13 Å². The zero-order valence-corrected chi connectivity index (χ0v) is 6.69. The van der Waals surface area contributed by atoms with E-state index in [9.17, 15) is 16.8 Å². The van der Waals surface area contributed by atoms with Gasteiger partial charge in [0.05, 0.1) is 5.75 Å². The second-order valence-electron chi connectivity index (χ2n) is 1.42. The number of hydrogen-bond acceptors (Lipinski definition) is 4. The molecule has 0 radical (unpaired) electrons. The van der Waals surface area contributed by atoms with Crippen molar-refractivity contribution in [3.63, 3.8) is 0 Å². The van der Waals surface area contributed by atoms with E-state index in [1.54, 1.807) is 0 Å². The first kappa shape index (κ1) is 9.60. The summed E-state index contributed by atoms with van der Waals surface area (Å²) in [6.45, 7) is 3.14. The van der Waals surface area contributed by atoms with Gasteiger partial charge in [-0.2, -0.15) is 0 Å². The number of nitrogens with one attached hydrogen (secondary N) is 1. The molecule has 0 spiro atoms. The van der Waals surface area contributed by atoms with Gasteiger partial charge < -0.3 is 0 Å². The Hall–Kier alpha value is -0.400. The molecular formula is C3H7NO4S2. The predicted octanol–water partition coefficient (Wildman–Crippen LogP) is -1.38. The van der Waals surface area contributed by atoms with Crippen LogP contribution in [0.4, 0.5) is 0 Å². The summed E-state index contributed by atoms with van der Waals surface area (Å²) in [5.41, 5.74) is 0. The van der Waals surface area contributed by atoms with Gasteiger partial charge in [0.25, 0.3) is 0 Å². The summed E-state index contributed by atoms with van der Waals surface area (Å²) in [7, 11) is -6.78. The summed E-state index contributed by atoms with van der Waals surface area (Å²) >= 11 is 0. The van der Waals surface area contributed by atoms with Crippen molar-refractivity contribution >= 4 is 20.9 Å². The second-order valence-corrected chi connectivity index (χ2v) is 4.23. The van der Waals surface area contributed by atoms with Crippen molar-refractivity contribution in [2.75, 3.05) is 5.75 Å². The lowest BCUT2D eigenvalue weighted by molar-refractivity contribution is 0.588. The van der Waals surface area contributed by atoms with Gasteiger partial charge in [0.1, 0.15) is 0 Å². The maximum absolute atomic E-state index is 10.5.